The van der Waals surface area contributed by atoms with Crippen LogP contribution in [0.1, 0.15) is 122 Å². The van der Waals surface area contributed by atoms with Crippen LogP contribution in [-0.2, 0) is 14.4 Å². The number of hydrogen-bond donors (Lipinski definition) is 5. The van der Waals surface area contributed by atoms with E-state index in [0.717, 1.165) is 19.3 Å². The molecule has 0 aromatic heterocycles. The Morgan fingerprint density at radius 1 is 0.735 bits per heavy atom. The largest absolute Gasteiger partial charge is 0.480 e. The van der Waals surface area contributed by atoms with Gasteiger partial charge in [-0.05, 0) is 19.4 Å². The predicted octanol–water partition coefficient (Wildman–Crippen LogP) is 4.03. The van der Waals surface area contributed by atoms with Gasteiger partial charge in [-0.2, -0.15) is 0 Å². The van der Waals surface area contributed by atoms with Crippen LogP contribution in [0.2, 0.25) is 0 Å². The molecule has 2 atom stereocenters. The normalized spacial score (nSPS) is 12.9. The maximum absolute atomic E-state index is 12.2. The number of amides is 2. The van der Waals surface area contributed by atoms with Crippen LogP contribution >= 0.6 is 0 Å². The summed E-state index contributed by atoms with van der Waals surface area (Å²) in [6.07, 6.45) is 20.5. The fraction of sp³-hybridized carbons (Fsp3) is 0.885. The van der Waals surface area contributed by atoms with E-state index in [1.165, 1.54) is 83.5 Å². The Morgan fingerprint density at radius 3 is 1.56 bits per heavy atom. The highest BCUT2D eigenvalue weighted by Crippen LogP contribution is 2.13. The third kappa shape index (κ3) is 19.8. The number of carboxylic acid groups (broad SMARTS) is 1. The quantitative estimate of drug-likeness (QED) is 0.124. The molecule has 0 spiro atoms. The molecule has 0 fully saturated rings. The van der Waals surface area contributed by atoms with Gasteiger partial charge in [-0.3, -0.25) is 9.59 Å². The number of aliphatic hydroxyl groups excluding tert-OH is 1. The van der Waals surface area contributed by atoms with Crippen molar-refractivity contribution in [3.63, 3.8) is 0 Å². The summed E-state index contributed by atoms with van der Waals surface area (Å²) in [5.41, 5.74) is 5.04. The molecular weight excluding hydrogens is 434 g/mol. The van der Waals surface area contributed by atoms with Crippen molar-refractivity contribution in [3.05, 3.63) is 0 Å². The summed E-state index contributed by atoms with van der Waals surface area (Å²) in [4.78, 5) is 34.3. The molecule has 0 aliphatic carbocycles. The van der Waals surface area contributed by atoms with Gasteiger partial charge < -0.3 is 26.6 Å². The number of unbranched alkanes of at least 4 members (excludes halogenated alkanes) is 15. The SMILES string of the molecule is CCCCCCCCCCCCCCCCCCN[C@H](CO)C(=O)N[C@@H](CCC(N)=O)C(=O)O. The second-order valence-electron chi connectivity index (χ2n) is 9.40. The van der Waals surface area contributed by atoms with Crippen molar-refractivity contribution >= 4 is 17.8 Å². The Kier molecular flexibility index (Phi) is 22.0. The molecule has 0 heterocycles. The van der Waals surface area contributed by atoms with Crippen molar-refractivity contribution in [1.82, 2.24) is 10.6 Å². The molecule has 0 rings (SSSR count). The lowest BCUT2D eigenvalue weighted by molar-refractivity contribution is -0.142. The molecule has 200 valence electrons. The third-order valence-corrected chi connectivity index (χ3v) is 6.21. The lowest BCUT2D eigenvalue weighted by Crippen LogP contribution is -2.52. The van der Waals surface area contributed by atoms with E-state index in [-0.39, 0.29) is 12.8 Å². The molecule has 0 bridgehead atoms. The van der Waals surface area contributed by atoms with Crippen LogP contribution in [0.15, 0.2) is 0 Å². The zero-order valence-electron chi connectivity index (χ0n) is 21.5. The molecule has 8 heteroatoms. The number of carbonyl (C=O) groups is 3. The lowest BCUT2D eigenvalue weighted by atomic mass is 10.0. The topological polar surface area (TPSA) is 142 Å². The van der Waals surface area contributed by atoms with E-state index in [4.69, 9.17) is 5.73 Å². The zero-order valence-corrected chi connectivity index (χ0v) is 21.5. The van der Waals surface area contributed by atoms with Crippen molar-refractivity contribution < 1.29 is 24.6 Å². The van der Waals surface area contributed by atoms with Crippen LogP contribution in [-0.4, -0.2) is 53.2 Å². The van der Waals surface area contributed by atoms with Gasteiger partial charge in [-0.1, -0.05) is 103 Å². The molecular formula is C26H51N3O5. The molecule has 34 heavy (non-hydrogen) atoms. The molecule has 0 saturated carbocycles. The Morgan fingerprint density at radius 2 is 1.18 bits per heavy atom. The summed E-state index contributed by atoms with van der Waals surface area (Å²) >= 11 is 0. The average molecular weight is 486 g/mol. The number of primary amides is 1. The maximum Gasteiger partial charge on any atom is 0.326 e. The number of rotatable bonds is 25. The smallest absolute Gasteiger partial charge is 0.326 e. The summed E-state index contributed by atoms with van der Waals surface area (Å²) in [7, 11) is 0. The first kappa shape index (κ1) is 32.3. The van der Waals surface area contributed by atoms with Crippen LogP contribution in [0, 0.1) is 0 Å². The van der Waals surface area contributed by atoms with E-state index in [9.17, 15) is 24.6 Å². The summed E-state index contributed by atoms with van der Waals surface area (Å²) in [6.45, 7) is 2.41. The van der Waals surface area contributed by atoms with Gasteiger partial charge in [0, 0.05) is 6.42 Å². The number of nitrogens with two attached hydrogens (primary N) is 1. The van der Waals surface area contributed by atoms with Gasteiger partial charge in [0.1, 0.15) is 12.1 Å². The minimum atomic E-state index is -1.23. The second-order valence-corrected chi connectivity index (χ2v) is 9.40. The van der Waals surface area contributed by atoms with Crippen molar-refractivity contribution in [2.45, 2.75) is 135 Å². The Labute approximate surface area is 206 Å². The number of aliphatic hydroxyl groups is 1. The monoisotopic (exact) mass is 485 g/mol. The molecule has 2 amide bonds. The van der Waals surface area contributed by atoms with Crippen molar-refractivity contribution in [2.75, 3.05) is 13.2 Å². The molecule has 8 nitrogen and oxygen atoms in total. The maximum atomic E-state index is 12.2. The fourth-order valence-corrected chi connectivity index (χ4v) is 4.01. The van der Waals surface area contributed by atoms with E-state index < -0.39 is 36.5 Å². The molecule has 0 unspecified atom stereocenters. The molecule has 0 saturated heterocycles. The second kappa shape index (κ2) is 23.1. The minimum Gasteiger partial charge on any atom is -0.480 e. The standard InChI is InChI=1S/C26H51N3O5/c1-2-3-4-5-6-7-8-9-10-11-12-13-14-15-16-17-20-28-23(21-30)25(32)29-22(26(33)34)18-19-24(27)31/h22-23,28,30H,2-21H2,1H3,(H2,27,31)(H,29,32)(H,33,34)/t22-,23+/m0/s1. The van der Waals surface area contributed by atoms with Crippen LogP contribution in [0.25, 0.3) is 0 Å². The van der Waals surface area contributed by atoms with Crippen molar-refractivity contribution in [3.8, 4) is 0 Å². The lowest BCUT2D eigenvalue weighted by Gasteiger charge is -2.19. The van der Waals surface area contributed by atoms with Gasteiger partial charge >= 0.3 is 5.97 Å². The fourth-order valence-electron chi connectivity index (χ4n) is 4.01. The van der Waals surface area contributed by atoms with Gasteiger partial charge in [0.15, 0.2) is 0 Å². The third-order valence-electron chi connectivity index (χ3n) is 6.21. The Balaban J connectivity index is 3.66. The van der Waals surface area contributed by atoms with E-state index in [0.29, 0.717) is 6.54 Å². The first-order valence-electron chi connectivity index (χ1n) is 13.6. The van der Waals surface area contributed by atoms with Gasteiger partial charge in [0.05, 0.1) is 6.61 Å². The minimum absolute atomic E-state index is 0.0757. The van der Waals surface area contributed by atoms with E-state index >= 15 is 0 Å². The average Bonchev–Trinajstić information content (AvgIpc) is 2.80. The summed E-state index contributed by atoms with van der Waals surface area (Å²) < 4.78 is 0. The molecule has 0 aliphatic rings. The van der Waals surface area contributed by atoms with E-state index in [1.54, 1.807) is 0 Å². The van der Waals surface area contributed by atoms with Gasteiger partial charge in [-0.25, -0.2) is 4.79 Å². The highest BCUT2D eigenvalue weighted by atomic mass is 16.4. The number of nitrogens with one attached hydrogen (secondary N) is 2. The van der Waals surface area contributed by atoms with Crippen molar-refractivity contribution in [1.29, 1.82) is 0 Å². The molecule has 0 radical (unpaired) electrons. The van der Waals surface area contributed by atoms with Crippen molar-refractivity contribution in [2.24, 2.45) is 5.73 Å². The van der Waals surface area contributed by atoms with Gasteiger partial charge in [-0.15, -0.1) is 0 Å². The van der Waals surface area contributed by atoms with E-state index in [2.05, 4.69) is 17.6 Å². The molecule has 6 N–H and O–H groups in total. The van der Waals surface area contributed by atoms with Crippen LogP contribution in [0.3, 0.4) is 0 Å². The van der Waals surface area contributed by atoms with Crippen LogP contribution < -0.4 is 16.4 Å². The predicted molar refractivity (Wildman–Crippen MR) is 136 cm³/mol. The first-order valence-corrected chi connectivity index (χ1v) is 13.6. The highest BCUT2D eigenvalue weighted by molar-refractivity contribution is 5.87. The summed E-state index contributed by atoms with van der Waals surface area (Å²) in [5, 5.41) is 24.0. The number of carboxylic acids is 1. The zero-order chi connectivity index (χ0) is 25.4. The number of carbonyl (C=O) groups excluding carboxylic acids is 2. The first-order chi connectivity index (χ1) is 16.4. The van der Waals surface area contributed by atoms with Gasteiger partial charge in [0.25, 0.3) is 0 Å². The number of aliphatic carboxylic acids is 1. The summed E-state index contributed by atoms with van der Waals surface area (Å²) in [6, 6.07) is -2.07. The van der Waals surface area contributed by atoms with Crippen LogP contribution in [0.4, 0.5) is 0 Å². The van der Waals surface area contributed by atoms with Crippen LogP contribution in [0.5, 0.6) is 0 Å². The Bertz CT molecular complexity index is 531. The highest BCUT2D eigenvalue weighted by Gasteiger charge is 2.24. The summed E-state index contributed by atoms with van der Waals surface area (Å²) in [5.74, 6) is -2.44. The van der Waals surface area contributed by atoms with Gasteiger partial charge in [0.2, 0.25) is 11.8 Å². The molecule has 0 aromatic carbocycles. The number of hydrogen-bond acceptors (Lipinski definition) is 5. The molecule has 0 aliphatic heterocycles. The molecule has 0 aromatic rings. The van der Waals surface area contributed by atoms with E-state index in [1.807, 2.05) is 0 Å². The Hall–Kier alpha value is -1.67.